The van der Waals surface area contributed by atoms with Crippen LogP contribution in [-0.2, 0) is 4.79 Å². The summed E-state index contributed by atoms with van der Waals surface area (Å²) in [5.74, 6) is 0.203. The molecule has 0 aromatic heterocycles. The minimum Gasteiger partial charge on any atom is -0.479 e. The molecule has 70 valence electrons. The van der Waals surface area contributed by atoms with E-state index in [9.17, 15) is 4.79 Å². The van der Waals surface area contributed by atoms with Gasteiger partial charge in [-0.2, -0.15) is 0 Å². The topological polar surface area (TPSA) is 49.3 Å². The number of hydrogen-bond donors (Lipinski definition) is 2. The van der Waals surface area contributed by atoms with Crippen molar-refractivity contribution in [2.45, 2.75) is 31.1 Å². The van der Waals surface area contributed by atoms with E-state index in [4.69, 9.17) is 5.11 Å². The molecule has 2 N–H and O–H groups in total. The first-order valence-corrected chi connectivity index (χ1v) is 5.32. The zero-order valence-electron chi connectivity index (χ0n) is 7.30. The standard InChI is InChI=1S/C8H15NO2S/c1-2-3-4-8(7(10)11)9-5-6-12-8/h9H,2-6H2,1H3,(H,10,11). The van der Waals surface area contributed by atoms with E-state index >= 15 is 0 Å². The minimum atomic E-state index is -0.710. The fourth-order valence-electron chi connectivity index (χ4n) is 1.36. The third-order valence-electron chi connectivity index (χ3n) is 2.09. The molecule has 0 saturated carbocycles. The van der Waals surface area contributed by atoms with Gasteiger partial charge in [0.15, 0.2) is 4.87 Å². The van der Waals surface area contributed by atoms with E-state index in [-0.39, 0.29) is 0 Å². The number of unbranched alkanes of at least 4 members (excludes halogenated alkanes) is 1. The van der Waals surface area contributed by atoms with Gasteiger partial charge in [-0.25, -0.2) is 4.79 Å². The Morgan fingerprint density at radius 1 is 1.75 bits per heavy atom. The van der Waals surface area contributed by atoms with Gasteiger partial charge in [-0.15, -0.1) is 11.8 Å². The van der Waals surface area contributed by atoms with Crippen LogP contribution in [0.5, 0.6) is 0 Å². The average molecular weight is 189 g/mol. The highest BCUT2D eigenvalue weighted by Gasteiger charge is 2.41. The van der Waals surface area contributed by atoms with Crippen LogP contribution in [0.2, 0.25) is 0 Å². The van der Waals surface area contributed by atoms with Crippen molar-refractivity contribution in [1.29, 1.82) is 0 Å². The second-order valence-electron chi connectivity index (χ2n) is 3.01. The van der Waals surface area contributed by atoms with E-state index in [0.717, 1.165) is 31.6 Å². The van der Waals surface area contributed by atoms with Gasteiger partial charge in [0.25, 0.3) is 0 Å². The molecular weight excluding hydrogens is 174 g/mol. The number of carboxylic acids is 1. The summed E-state index contributed by atoms with van der Waals surface area (Å²) in [7, 11) is 0. The molecule has 0 radical (unpaired) electrons. The molecule has 3 nitrogen and oxygen atoms in total. The number of carbonyl (C=O) groups is 1. The van der Waals surface area contributed by atoms with Gasteiger partial charge in [0, 0.05) is 12.3 Å². The lowest BCUT2D eigenvalue weighted by molar-refractivity contribution is -0.140. The summed E-state index contributed by atoms with van der Waals surface area (Å²) < 4.78 is 0. The summed E-state index contributed by atoms with van der Waals surface area (Å²) in [6, 6.07) is 0. The normalized spacial score (nSPS) is 29.1. The van der Waals surface area contributed by atoms with E-state index in [1.165, 1.54) is 11.8 Å². The third kappa shape index (κ3) is 1.93. The highest BCUT2D eigenvalue weighted by atomic mass is 32.2. The highest BCUT2D eigenvalue weighted by molar-refractivity contribution is 8.01. The molecule has 0 aromatic carbocycles. The number of nitrogens with one attached hydrogen (secondary N) is 1. The number of hydrogen-bond acceptors (Lipinski definition) is 3. The lowest BCUT2D eigenvalue weighted by Gasteiger charge is -2.22. The second kappa shape index (κ2) is 4.14. The molecule has 0 aliphatic carbocycles. The summed E-state index contributed by atoms with van der Waals surface area (Å²) in [4.78, 5) is 10.3. The Morgan fingerprint density at radius 3 is 2.92 bits per heavy atom. The molecule has 1 aliphatic rings. The van der Waals surface area contributed by atoms with Gasteiger partial charge >= 0.3 is 5.97 Å². The maximum absolute atomic E-state index is 10.9. The number of thioether (sulfide) groups is 1. The van der Waals surface area contributed by atoms with Crippen LogP contribution in [0.4, 0.5) is 0 Å². The van der Waals surface area contributed by atoms with E-state index in [0.29, 0.717) is 0 Å². The molecule has 1 aliphatic heterocycles. The van der Waals surface area contributed by atoms with E-state index in [2.05, 4.69) is 12.2 Å². The van der Waals surface area contributed by atoms with Crippen LogP contribution in [0.1, 0.15) is 26.2 Å². The maximum Gasteiger partial charge on any atom is 0.334 e. The summed E-state index contributed by atoms with van der Waals surface area (Å²) in [6.07, 6.45) is 2.77. The van der Waals surface area contributed by atoms with E-state index < -0.39 is 10.8 Å². The zero-order chi connectivity index (χ0) is 9.03. The van der Waals surface area contributed by atoms with E-state index in [1.54, 1.807) is 0 Å². The number of aliphatic carboxylic acids is 1. The van der Waals surface area contributed by atoms with Crippen molar-refractivity contribution in [3.63, 3.8) is 0 Å². The molecular formula is C8H15NO2S. The first-order chi connectivity index (χ1) is 5.71. The van der Waals surface area contributed by atoms with Gasteiger partial charge in [-0.1, -0.05) is 19.8 Å². The SMILES string of the molecule is CCCCC1(C(=O)O)NCCS1. The minimum absolute atomic E-state index is 0.671. The number of rotatable bonds is 4. The predicted molar refractivity (Wildman–Crippen MR) is 50.4 cm³/mol. The largest absolute Gasteiger partial charge is 0.479 e. The second-order valence-corrected chi connectivity index (χ2v) is 4.40. The molecule has 0 spiro atoms. The third-order valence-corrected chi connectivity index (χ3v) is 3.51. The van der Waals surface area contributed by atoms with Crippen molar-refractivity contribution >= 4 is 17.7 Å². The van der Waals surface area contributed by atoms with E-state index in [1.807, 2.05) is 0 Å². The van der Waals surface area contributed by atoms with Crippen LogP contribution in [0.15, 0.2) is 0 Å². The van der Waals surface area contributed by atoms with Crippen molar-refractivity contribution in [2.24, 2.45) is 0 Å². The van der Waals surface area contributed by atoms with Gasteiger partial charge in [-0.05, 0) is 6.42 Å². The van der Waals surface area contributed by atoms with Gasteiger partial charge in [0.1, 0.15) is 0 Å². The molecule has 1 heterocycles. The molecule has 1 fully saturated rings. The first-order valence-electron chi connectivity index (χ1n) is 4.33. The molecule has 1 saturated heterocycles. The highest BCUT2D eigenvalue weighted by Crippen LogP contribution is 2.32. The quantitative estimate of drug-likeness (QED) is 0.699. The fraction of sp³-hybridized carbons (Fsp3) is 0.875. The average Bonchev–Trinajstić information content (AvgIpc) is 2.50. The van der Waals surface area contributed by atoms with Crippen molar-refractivity contribution in [2.75, 3.05) is 12.3 Å². The molecule has 0 aromatic rings. The Morgan fingerprint density at radius 2 is 2.50 bits per heavy atom. The Hall–Kier alpha value is -0.220. The van der Waals surface area contributed by atoms with Crippen LogP contribution in [0.3, 0.4) is 0 Å². The van der Waals surface area contributed by atoms with Gasteiger partial charge < -0.3 is 5.11 Å². The molecule has 12 heavy (non-hydrogen) atoms. The molecule has 4 heteroatoms. The smallest absolute Gasteiger partial charge is 0.334 e. The van der Waals surface area contributed by atoms with Crippen molar-refractivity contribution in [3.8, 4) is 0 Å². The molecule has 1 atom stereocenters. The zero-order valence-corrected chi connectivity index (χ0v) is 8.12. The lowest BCUT2D eigenvalue weighted by atomic mass is 10.1. The van der Waals surface area contributed by atoms with Gasteiger partial charge in [-0.3, -0.25) is 5.32 Å². The van der Waals surface area contributed by atoms with Crippen molar-refractivity contribution in [1.82, 2.24) is 5.32 Å². The van der Waals surface area contributed by atoms with Crippen LogP contribution in [-0.4, -0.2) is 28.2 Å². The first kappa shape index (κ1) is 9.86. The van der Waals surface area contributed by atoms with Crippen LogP contribution in [0.25, 0.3) is 0 Å². The van der Waals surface area contributed by atoms with Crippen LogP contribution in [0, 0.1) is 0 Å². The summed E-state index contributed by atoms with van der Waals surface area (Å²) >= 11 is 1.53. The Bertz CT molecular complexity index is 166. The molecule has 0 amide bonds. The van der Waals surface area contributed by atoms with Gasteiger partial charge in [0.2, 0.25) is 0 Å². The summed E-state index contributed by atoms with van der Waals surface area (Å²) in [5.41, 5.74) is 0. The fourth-order valence-corrected chi connectivity index (χ4v) is 2.53. The molecule has 1 rings (SSSR count). The molecule has 0 bridgehead atoms. The number of carboxylic acid groups (broad SMARTS) is 1. The summed E-state index contributed by atoms with van der Waals surface area (Å²) in [5, 5.41) is 12.1. The monoisotopic (exact) mass is 189 g/mol. The predicted octanol–water partition coefficient (Wildman–Crippen LogP) is 1.29. The Balaban J connectivity index is 2.53. The van der Waals surface area contributed by atoms with Crippen molar-refractivity contribution < 1.29 is 9.90 Å². The van der Waals surface area contributed by atoms with Crippen LogP contribution >= 0.6 is 11.8 Å². The van der Waals surface area contributed by atoms with Crippen molar-refractivity contribution in [3.05, 3.63) is 0 Å². The lowest BCUT2D eigenvalue weighted by Crippen LogP contribution is -2.45. The maximum atomic E-state index is 10.9. The molecule has 1 unspecified atom stereocenters. The Kier molecular flexibility index (Phi) is 3.40. The van der Waals surface area contributed by atoms with Gasteiger partial charge in [0.05, 0.1) is 0 Å². The summed E-state index contributed by atoms with van der Waals surface area (Å²) in [6.45, 7) is 2.90. The Labute approximate surface area is 76.9 Å². The van der Waals surface area contributed by atoms with Crippen LogP contribution < -0.4 is 5.32 Å².